The first kappa shape index (κ1) is 14.3. The van der Waals surface area contributed by atoms with Gasteiger partial charge in [0.05, 0.1) is 12.1 Å². The Balaban J connectivity index is 2.19. The number of aliphatic carboxylic acids is 1. The summed E-state index contributed by atoms with van der Waals surface area (Å²) in [4.78, 5) is 24.0. The number of ether oxygens (including phenoxy) is 1. The van der Waals surface area contributed by atoms with Crippen molar-refractivity contribution >= 4 is 17.6 Å². The van der Waals surface area contributed by atoms with Gasteiger partial charge in [-0.3, -0.25) is 9.59 Å². The molecular weight excluding hydrogens is 260 g/mol. The molecule has 6 nitrogen and oxygen atoms in total. The van der Waals surface area contributed by atoms with E-state index >= 15 is 0 Å². The van der Waals surface area contributed by atoms with Gasteiger partial charge in [0, 0.05) is 13.1 Å². The molecule has 6 heteroatoms. The quantitative estimate of drug-likeness (QED) is 0.848. The number of fused-ring (bicyclic) bond motifs is 1. The lowest BCUT2D eigenvalue weighted by atomic mass is 10.0. The summed E-state index contributed by atoms with van der Waals surface area (Å²) in [5, 5.41) is 8.71. The fraction of sp³-hybridized carbons (Fsp3) is 0.429. The molecule has 20 heavy (non-hydrogen) atoms. The normalized spacial score (nSPS) is 19.2. The number of carbonyl (C=O) groups excluding carboxylic acids is 1. The smallest absolute Gasteiger partial charge is 0.304 e. The van der Waals surface area contributed by atoms with Gasteiger partial charge in [-0.05, 0) is 31.0 Å². The number of anilines is 1. The zero-order chi connectivity index (χ0) is 14.9. The number of nitrogens with two attached hydrogens (primary N) is 1. The first-order chi connectivity index (χ1) is 9.38. The summed E-state index contributed by atoms with van der Waals surface area (Å²) in [5.74, 6) is -0.375. The van der Waals surface area contributed by atoms with E-state index in [4.69, 9.17) is 15.6 Å². The van der Waals surface area contributed by atoms with Gasteiger partial charge in [-0.25, -0.2) is 0 Å². The lowest BCUT2D eigenvalue weighted by Crippen LogP contribution is -2.42. The van der Waals surface area contributed by atoms with Gasteiger partial charge in [0.2, 0.25) is 0 Å². The Hall–Kier alpha value is -2.08. The highest BCUT2D eigenvalue weighted by atomic mass is 16.5. The van der Waals surface area contributed by atoms with E-state index in [-0.39, 0.29) is 12.3 Å². The number of hydrogen-bond donors (Lipinski definition) is 2. The van der Waals surface area contributed by atoms with Crippen molar-refractivity contribution in [2.75, 3.05) is 11.9 Å². The van der Waals surface area contributed by atoms with Crippen molar-refractivity contribution in [3.05, 3.63) is 23.8 Å². The van der Waals surface area contributed by atoms with Crippen LogP contribution in [0.15, 0.2) is 18.2 Å². The minimum atomic E-state index is -0.917. The fourth-order valence-electron chi connectivity index (χ4n) is 2.28. The molecule has 1 aromatic rings. The number of rotatable bonds is 4. The first-order valence-corrected chi connectivity index (χ1v) is 6.43. The summed E-state index contributed by atoms with van der Waals surface area (Å²) in [6, 6.07) is 5.00. The lowest BCUT2D eigenvalue weighted by molar-refractivity contribution is -0.137. The minimum absolute atomic E-state index is 0.0839. The largest absolute Gasteiger partial charge is 0.481 e. The molecule has 1 heterocycles. The number of carbonyl (C=O) groups is 2. The monoisotopic (exact) mass is 278 g/mol. The third-order valence-corrected chi connectivity index (χ3v) is 3.30. The van der Waals surface area contributed by atoms with Crippen molar-refractivity contribution in [2.24, 2.45) is 5.73 Å². The number of amides is 1. The lowest BCUT2D eigenvalue weighted by Gasteiger charge is -2.30. The zero-order valence-corrected chi connectivity index (χ0v) is 11.5. The zero-order valence-electron chi connectivity index (χ0n) is 11.5. The van der Waals surface area contributed by atoms with Gasteiger partial charge < -0.3 is 20.5 Å². The molecular formula is C14H18N2O4. The molecule has 1 aliphatic heterocycles. The molecule has 2 rings (SSSR count). The molecule has 0 spiro atoms. The second-order valence-electron chi connectivity index (χ2n) is 5.02. The number of benzene rings is 1. The molecule has 2 unspecified atom stereocenters. The molecule has 3 N–H and O–H groups in total. The fourth-order valence-corrected chi connectivity index (χ4v) is 2.28. The van der Waals surface area contributed by atoms with Crippen LogP contribution >= 0.6 is 0 Å². The van der Waals surface area contributed by atoms with Gasteiger partial charge in [0.1, 0.15) is 5.75 Å². The Bertz CT molecular complexity index is 544. The SMILES string of the molecule is CC1Oc2ccc(CC(N)CC(=O)O)cc2N(C)C1=O. The van der Waals surface area contributed by atoms with Crippen molar-refractivity contribution < 1.29 is 19.4 Å². The topological polar surface area (TPSA) is 92.9 Å². The van der Waals surface area contributed by atoms with Gasteiger partial charge in [0.15, 0.2) is 6.10 Å². The number of hydrogen-bond acceptors (Lipinski definition) is 4. The number of carboxylic acids is 1. The van der Waals surface area contributed by atoms with Crippen molar-refractivity contribution in [3.63, 3.8) is 0 Å². The van der Waals surface area contributed by atoms with E-state index in [1.807, 2.05) is 12.1 Å². The Morgan fingerprint density at radius 3 is 2.90 bits per heavy atom. The van der Waals surface area contributed by atoms with Gasteiger partial charge in [-0.15, -0.1) is 0 Å². The van der Waals surface area contributed by atoms with Crippen molar-refractivity contribution in [2.45, 2.75) is 31.9 Å². The second kappa shape index (κ2) is 5.50. The minimum Gasteiger partial charge on any atom is -0.481 e. The molecule has 0 fully saturated rings. The maximum Gasteiger partial charge on any atom is 0.304 e. The highest BCUT2D eigenvalue weighted by molar-refractivity contribution is 5.99. The number of carboxylic acid groups (broad SMARTS) is 1. The molecule has 2 atom stereocenters. The molecule has 1 aromatic carbocycles. The Morgan fingerprint density at radius 1 is 1.55 bits per heavy atom. The van der Waals surface area contributed by atoms with Gasteiger partial charge >= 0.3 is 5.97 Å². The van der Waals surface area contributed by atoms with Crippen LogP contribution in [0.2, 0.25) is 0 Å². The van der Waals surface area contributed by atoms with Crippen LogP contribution in [0.1, 0.15) is 18.9 Å². The van der Waals surface area contributed by atoms with Gasteiger partial charge in [-0.1, -0.05) is 6.07 Å². The van der Waals surface area contributed by atoms with Crippen molar-refractivity contribution in [1.82, 2.24) is 0 Å². The molecule has 1 amide bonds. The molecule has 0 radical (unpaired) electrons. The second-order valence-corrected chi connectivity index (χ2v) is 5.02. The molecule has 0 aromatic heterocycles. The van der Waals surface area contributed by atoms with Crippen LogP contribution in [0.3, 0.4) is 0 Å². The summed E-state index contributed by atoms with van der Waals surface area (Å²) in [6.45, 7) is 1.71. The van der Waals surface area contributed by atoms with E-state index in [9.17, 15) is 9.59 Å². The van der Waals surface area contributed by atoms with E-state index in [0.717, 1.165) is 5.56 Å². The van der Waals surface area contributed by atoms with Crippen LogP contribution in [0, 0.1) is 0 Å². The van der Waals surface area contributed by atoms with Crippen LogP contribution in [-0.2, 0) is 16.0 Å². The number of likely N-dealkylation sites (N-methyl/N-ethyl adjacent to an activating group) is 1. The maximum absolute atomic E-state index is 11.9. The van der Waals surface area contributed by atoms with Crippen LogP contribution in [0.4, 0.5) is 5.69 Å². The highest BCUT2D eigenvalue weighted by Gasteiger charge is 2.28. The van der Waals surface area contributed by atoms with E-state index in [1.165, 1.54) is 0 Å². The molecule has 0 saturated carbocycles. The van der Waals surface area contributed by atoms with Gasteiger partial charge in [-0.2, -0.15) is 0 Å². The van der Waals surface area contributed by atoms with E-state index in [2.05, 4.69) is 0 Å². The van der Waals surface area contributed by atoms with Gasteiger partial charge in [0.25, 0.3) is 5.91 Å². The number of nitrogens with zero attached hydrogens (tertiary/aromatic N) is 1. The average Bonchev–Trinajstić information content (AvgIpc) is 2.36. The molecule has 108 valence electrons. The first-order valence-electron chi connectivity index (χ1n) is 6.43. The van der Waals surface area contributed by atoms with Crippen molar-refractivity contribution in [3.8, 4) is 5.75 Å². The third-order valence-electron chi connectivity index (χ3n) is 3.30. The van der Waals surface area contributed by atoms with Crippen LogP contribution < -0.4 is 15.4 Å². The van der Waals surface area contributed by atoms with Crippen LogP contribution in [0.25, 0.3) is 0 Å². The average molecular weight is 278 g/mol. The van der Waals surface area contributed by atoms with E-state index in [0.29, 0.717) is 17.9 Å². The predicted molar refractivity (Wildman–Crippen MR) is 73.9 cm³/mol. The molecule has 1 aliphatic rings. The summed E-state index contributed by atoms with van der Waals surface area (Å²) in [7, 11) is 1.70. The van der Waals surface area contributed by atoms with E-state index in [1.54, 1.807) is 24.9 Å². The summed E-state index contributed by atoms with van der Waals surface area (Å²) >= 11 is 0. The Kier molecular flexibility index (Phi) is 3.94. The maximum atomic E-state index is 11.9. The molecule has 0 bridgehead atoms. The molecule has 0 saturated heterocycles. The predicted octanol–water partition coefficient (Wildman–Crippen LogP) is 0.775. The molecule has 0 aliphatic carbocycles. The van der Waals surface area contributed by atoms with Crippen LogP contribution in [0.5, 0.6) is 5.75 Å². The van der Waals surface area contributed by atoms with Crippen LogP contribution in [-0.4, -0.2) is 36.2 Å². The van der Waals surface area contributed by atoms with Crippen molar-refractivity contribution in [1.29, 1.82) is 0 Å². The summed E-state index contributed by atoms with van der Waals surface area (Å²) in [6.07, 6.45) is -0.135. The standard InChI is InChI=1S/C14H18N2O4/c1-8-14(19)16(2)11-6-9(3-4-12(11)20-8)5-10(15)7-13(17)18/h3-4,6,8,10H,5,7,15H2,1-2H3,(H,17,18). The summed E-state index contributed by atoms with van der Waals surface area (Å²) in [5.41, 5.74) is 7.35. The Morgan fingerprint density at radius 2 is 2.25 bits per heavy atom. The van der Waals surface area contributed by atoms with E-state index < -0.39 is 18.1 Å². The Labute approximate surface area is 117 Å². The summed E-state index contributed by atoms with van der Waals surface area (Å²) < 4.78 is 5.52. The highest BCUT2D eigenvalue weighted by Crippen LogP contribution is 2.34. The third kappa shape index (κ3) is 2.91.